The van der Waals surface area contributed by atoms with Gasteiger partial charge in [-0.3, -0.25) is 5.32 Å². The van der Waals surface area contributed by atoms with Crippen LogP contribution in [0.15, 0.2) is 0 Å². The Kier molecular flexibility index (Phi) is 3.91. The predicted octanol–water partition coefficient (Wildman–Crippen LogP) is 1.29. The second-order valence-corrected chi connectivity index (χ2v) is 4.70. The van der Waals surface area contributed by atoms with Gasteiger partial charge in [-0.15, -0.1) is 0 Å². The van der Waals surface area contributed by atoms with E-state index in [9.17, 15) is 5.26 Å². The van der Waals surface area contributed by atoms with Crippen molar-refractivity contribution in [1.82, 2.24) is 5.32 Å². The highest BCUT2D eigenvalue weighted by Crippen LogP contribution is 2.35. The molecule has 1 aliphatic rings. The third-order valence-electron chi connectivity index (χ3n) is 2.99. The molecule has 0 aliphatic heterocycles. The number of nitrogens with zero attached hydrogens (tertiary/aromatic N) is 1. The Morgan fingerprint density at radius 3 is 2.43 bits per heavy atom. The highest BCUT2D eigenvalue weighted by molar-refractivity contribution is 5.10. The lowest BCUT2D eigenvalue weighted by Crippen LogP contribution is -2.50. The molecule has 0 aromatic heterocycles. The molecule has 80 valence electrons. The third-order valence-corrected chi connectivity index (χ3v) is 2.99. The topological polar surface area (TPSA) is 56.0 Å². The zero-order chi connectivity index (χ0) is 10.6. The number of aliphatic hydroxyl groups is 1. The monoisotopic (exact) mass is 196 g/mol. The van der Waals surface area contributed by atoms with Crippen molar-refractivity contribution in [3.8, 4) is 6.07 Å². The molecule has 2 atom stereocenters. The molecule has 2 unspecified atom stereocenters. The van der Waals surface area contributed by atoms with Crippen molar-refractivity contribution in [1.29, 1.82) is 5.26 Å². The molecule has 0 radical (unpaired) electrons. The lowest BCUT2D eigenvalue weighted by molar-refractivity contribution is 0.177. The summed E-state index contributed by atoms with van der Waals surface area (Å²) in [5.74, 6) is 1.20. The molecular formula is C11H20N2O. The molecule has 1 rings (SSSR count). The fraction of sp³-hybridized carbons (Fsp3) is 0.909. The number of hydrogen-bond acceptors (Lipinski definition) is 3. The first-order valence-corrected chi connectivity index (χ1v) is 5.39. The molecule has 3 nitrogen and oxygen atoms in total. The molecule has 1 aliphatic carbocycles. The largest absolute Gasteiger partial charge is 0.395 e. The molecule has 0 saturated heterocycles. The molecule has 1 saturated carbocycles. The summed E-state index contributed by atoms with van der Waals surface area (Å²) in [6.07, 6.45) is 3.03. The molecule has 0 bridgehead atoms. The first-order chi connectivity index (χ1) is 6.62. The van der Waals surface area contributed by atoms with Crippen molar-refractivity contribution in [3.05, 3.63) is 0 Å². The number of nitrogens with one attached hydrogen (secondary N) is 1. The Balaban J connectivity index is 2.63. The fourth-order valence-corrected chi connectivity index (χ4v) is 2.70. The lowest BCUT2D eigenvalue weighted by atomic mass is 9.72. The number of hydrogen-bond donors (Lipinski definition) is 2. The van der Waals surface area contributed by atoms with E-state index in [0.717, 1.165) is 12.8 Å². The minimum absolute atomic E-state index is 0.103. The summed E-state index contributed by atoms with van der Waals surface area (Å²) in [5.41, 5.74) is -0.389. The van der Waals surface area contributed by atoms with Crippen LogP contribution in [0.2, 0.25) is 0 Å². The van der Waals surface area contributed by atoms with Crippen LogP contribution >= 0.6 is 0 Å². The summed E-state index contributed by atoms with van der Waals surface area (Å²) >= 11 is 0. The predicted molar refractivity (Wildman–Crippen MR) is 55.6 cm³/mol. The normalized spacial score (nSPS) is 37.9. The van der Waals surface area contributed by atoms with Gasteiger partial charge in [0.15, 0.2) is 0 Å². The lowest BCUT2D eigenvalue weighted by Gasteiger charge is -2.38. The van der Waals surface area contributed by atoms with Crippen LogP contribution in [0, 0.1) is 23.2 Å². The Hall–Kier alpha value is -0.590. The van der Waals surface area contributed by atoms with Crippen molar-refractivity contribution >= 4 is 0 Å². The van der Waals surface area contributed by atoms with E-state index in [2.05, 4.69) is 25.2 Å². The van der Waals surface area contributed by atoms with E-state index in [1.807, 2.05) is 0 Å². The number of β-amino-alcohol motifs (C(OH)–C–C–N with tert-alkyl or cyclic N) is 1. The maximum atomic E-state index is 9.21. The number of rotatable bonds is 3. The smallest absolute Gasteiger partial charge is 0.107 e. The average molecular weight is 196 g/mol. The Morgan fingerprint density at radius 2 is 2.00 bits per heavy atom. The highest BCUT2D eigenvalue weighted by Gasteiger charge is 2.37. The van der Waals surface area contributed by atoms with Gasteiger partial charge in [0.2, 0.25) is 0 Å². The van der Waals surface area contributed by atoms with Crippen LogP contribution in [-0.2, 0) is 0 Å². The minimum atomic E-state index is -0.389. The van der Waals surface area contributed by atoms with Crippen molar-refractivity contribution in [3.63, 3.8) is 0 Å². The number of nitriles is 1. The average Bonchev–Trinajstić information content (AvgIpc) is 2.13. The van der Waals surface area contributed by atoms with Crippen molar-refractivity contribution in [2.24, 2.45) is 11.8 Å². The van der Waals surface area contributed by atoms with Crippen molar-refractivity contribution in [2.75, 3.05) is 13.2 Å². The summed E-state index contributed by atoms with van der Waals surface area (Å²) in [7, 11) is 0. The molecule has 0 spiro atoms. The van der Waals surface area contributed by atoms with Gasteiger partial charge in [0.1, 0.15) is 5.54 Å². The Bertz CT molecular complexity index is 212. The van der Waals surface area contributed by atoms with Gasteiger partial charge in [0.25, 0.3) is 0 Å². The standard InChI is InChI=1S/C11H20N2O/c1-9-5-10(2)7-11(6-9,8-12)13-3-4-14/h9-10,13-14H,3-7H2,1-2H3. The van der Waals surface area contributed by atoms with E-state index in [-0.39, 0.29) is 12.1 Å². The second-order valence-electron chi connectivity index (χ2n) is 4.70. The van der Waals surface area contributed by atoms with E-state index in [1.54, 1.807) is 0 Å². The molecule has 0 amide bonds. The van der Waals surface area contributed by atoms with E-state index in [4.69, 9.17) is 5.11 Å². The zero-order valence-corrected chi connectivity index (χ0v) is 9.08. The van der Waals surface area contributed by atoms with Crippen LogP contribution in [0.25, 0.3) is 0 Å². The molecule has 1 fully saturated rings. The summed E-state index contributed by atoms with van der Waals surface area (Å²) < 4.78 is 0. The van der Waals surface area contributed by atoms with Crippen LogP contribution in [0.1, 0.15) is 33.1 Å². The van der Waals surface area contributed by atoms with Crippen molar-refractivity contribution < 1.29 is 5.11 Å². The van der Waals surface area contributed by atoms with Gasteiger partial charge in [-0.25, -0.2) is 0 Å². The first-order valence-electron chi connectivity index (χ1n) is 5.39. The van der Waals surface area contributed by atoms with Gasteiger partial charge in [-0.1, -0.05) is 13.8 Å². The Morgan fingerprint density at radius 1 is 1.43 bits per heavy atom. The van der Waals surface area contributed by atoms with Gasteiger partial charge < -0.3 is 5.11 Å². The molecule has 0 aromatic carbocycles. The zero-order valence-electron chi connectivity index (χ0n) is 9.08. The molecule has 0 heterocycles. The maximum Gasteiger partial charge on any atom is 0.107 e. The van der Waals surface area contributed by atoms with Crippen LogP contribution in [0.3, 0.4) is 0 Å². The number of aliphatic hydroxyl groups excluding tert-OH is 1. The van der Waals surface area contributed by atoms with Gasteiger partial charge in [0, 0.05) is 6.54 Å². The van der Waals surface area contributed by atoms with E-state index < -0.39 is 0 Å². The SMILES string of the molecule is CC1CC(C)CC(C#N)(NCCO)C1. The molecule has 2 N–H and O–H groups in total. The van der Waals surface area contributed by atoms with Gasteiger partial charge in [-0.05, 0) is 31.1 Å². The summed E-state index contributed by atoms with van der Waals surface area (Å²) in [4.78, 5) is 0. The van der Waals surface area contributed by atoms with Crippen LogP contribution in [-0.4, -0.2) is 23.8 Å². The molecule has 3 heteroatoms. The fourth-order valence-electron chi connectivity index (χ4n) is 2.70. The third kappa shape index (κ3) is 2.70. The minimum Gasteiger partial charge on any atom is -0.395 e. The van der Waals surface area contributed by atoms with E-state index in [0.29, 0.717) is 18.4 Å². The summed E-state index contributed by atoms with van der Waals surface area (Å²) in [6.45, 7) is 5.02. The van der Waals surface area contributed by atoms with E-state index in [1.165, 1.54) is 6.42 Å². The first kappa shape index (κ1) is 11.5. The van der Waals surface area contributed by atoms with E-state index >= 15 is 0 Å². The van der Waals surface area contributed by atoms with Crippen molar-refractivity contribution in [2.45, 2.75) is 38.6 Å². The Labute approximate surface area is 86.1 Å². The van der Waals surface area contributed by atoms with Gasteiger partial charge >= 0.3 is 0 Å². The quantitative estimate of drug-likeness (QED) is 0.715. The summed E-state index contributed by atoms with van der Waals surface area (Å²) in [6, 6.07) is 2.39. The highest BCUT2D eigenvalue weighted by atomic mass is 16.3. The molecule has 0 aromatic rings. The van der Waals surface area contributed by atoms with Crippen LogP contribution in [0.5, 0.6) is 0 Å². The molecule has 14 heavy (non-hydrogen) atoms. The van der Waals surface area contributed by atoms with Crippen LogP contribution in [0.4, 0.5) is 0 Å². The molecular weight excluding hydrogens is 176 g/mol. The second kappa shape index (κ2) is 4.77. The summed E-state index contributed by atoms with van der Waals surface area (Å²) in [5, 5.41) is 21.2. The maximum absolute atomic E-state index is 9.21. The van der Waals surface area contributed by atoms with Gasteiger partial charge in [0.05, 0.1) is 12.7 Å². The van der Waals surface area contributed by atoms with Crippen LogP contribution < -0.4 is 5.32 Å². The van der Waals surface area contributed by atoms with Gasteiger partial charge in [-0.2, -0.15) is 5.26 Å².